The first-order chi connectivity index (χ1) is 9.31. The highest BCUT2D eigenvalue weighted by Crippen LogP contribution is 2.33. The van der Waals surface area contributed by atoms with Crippen molar-refractivity contribution in [3.63, 3.8) is 0 Å². The maximum atomic E-state index is 4.68. The molecule has 0 bridgehead atoms. The van der Waals surface area contributed by atoms with Crippen molar-refractivity contribution in [1.82, 2.24) is 9.97 Å². The van der Waals surface area contributed by atoms with E-state index in [1.807, 2.05) is 19.2 Å². The summed E-state index contributed by atoms with van der Waals surface area (Å²) in [4.78, 5) is 11.6. The standard InChI is InChI=1S/C15H20N4/c1-3-19(10-11-8-9-11)14-12-6-4-5-7-13(12)17-15(16-2)18-14/h4-7,11H,3,8-10H2,1-2H3,(H,16,17,18). The predicted molar refractivity (Wildman–Crippen MR) is 79.7 cm³/mol. The van der Waals surface area contributed by atoms with Crippen LogP contribution in [-0.2, 0) is 0 Å². The Kier molecular flexibility index (Phi) is 3.23. The average Bonchev–Trinajstić information content (AvgIpc) is 3.27. The van der Waals surface area contributed by atoms with E-state index in [0.29, 0.717) is 5.95 Å². The second-order valence-corrected chi connectivity index (χ2v) is 5.12. The zero-order valence-corrected chi connectivity index (χ0v) is 11.6. The number of benzene rings is 1. The Balaban J connectivity index is 2.07. The van der Waals surface area contributed by atoms with Crippen LogP contribution < -0.4 is 10.2 Å². The smallest absolute Gasteiger partial charge is 0.224 e. The number of anilines is 2. The molecule has 4 heteroatoms. The molecular formula is C15H20N4. The molecular weight excluding hydrogens is 236 g/mol. The van der Waals surface area contributed by atoms with Crippen LogP contribution in [0, 0.1) is 5.92 Å². The average molecular weight is 256 g/mol. The fourth-order valence-corrected chi connectivity index (χ4v) is 2.39. The molecule has 0 saturated heterocycles. The fourth-order valence-electron chi connectivity index (χ4n) is 2.39. The van der Waals surface area contributed by atoms with E-state index in [1.165, 1.54) is 12.8 Å². The molecule has 1 aliphatic rings. The largest absolute Gasteiger partial charge is 0.357 e. The van der Waals surface area contributed by atoms with Gasteiger partial charge in [-0.05, 0) is 37.8 Å². The van der Waals surface area contributed by atoms with Crippen LogP contribution >= 0.6 is 0 Å². The molecule has 1 fully saturated rings. The van der Waals surface area contributed by atoms with Crippen LogP contribution in [0.5, 0.6) is 0 Å². The van der Waals surface area contributed by atoms with Crippen molar-refractivity contribution in [3.05, 3.63) is 24.3 Å². The summed E-state index contributed by atoms with van der Waals surface area (Å²) in [6, 6.07) is 8.24. The van der Waals surface area contributed by atoms with Gasteiger partial charge in [-0.15, -0.1) is 0 Å². The van der Waals surface area contributed by atoms with Gasteiger partial charge in [-0.2, -0.15) is 4.98 Å². The lowest BCUT2D eigenvalue weighted by atomic mass is 10.2. The van der Waals surface area contributed by atoms with Gasteiger partial charge in [0.25, 0.3) is 0 Å². The highest BCUT2D eigenvalue weighted by Gasteiger charge is 2.25. The van der Waals surface area contributed by atoms with Gasteiger partial charge in [-0.25, -0.2) is 4.98 Å². The van der Waals surface area contributed by atoms with Crippen molar-refractivity contribution < 1.29 is 0 Å². The lowest BCUT2D eigenvalue weighted by molar-refractivity contribution is 0.734. The lowest BCUT2D eigenvalue weighted by Gasteiger charge is -2.23. The first kappa shape index (κ1) is 12.2. The van der Waals surface area contributed by atoms with Crippen molar-refractivity contribution in [3.8, 4) is 0 Å². The molecule has 1 N–H and O–H groups in total. The van der Waals surface area contributed by atoms with Crippen LogP contribution in [0.15, 0.2) is 24.3 Å². The Morgan fingerprint density at radius 2 is 2.05 bits per heavy atom. The number of rotatable bonds is 5. The Morgan fingerprint density at radius 1 is 1.26 bits per heavy atom. The summed E-state index contributed by atoms with van der Waals surface area (Å²) in [5, 5.41) is 4.20. The van der Waals surface area contributed by atoms with Crippen LogP contribution in [0.2, 0.25) is 0 Å². The van der Waals surface area contributed by atoms with E-state index < -0.39 is 0 Å². The quantitative estimate of drug-likeness (QED) is 0.893. The van der Waals surface area contributed by atoms with Crippen LogP contribution in [0.25, 0.3) is 10.9 Å². The number of hydrogen-bond donors (Lipinski definition) is 1. The van der Waals surface area contributed by atoms with Crippen LogP contribution in [0.1, 0.15) is 19.8 Å². The Labute approximate surface area is 113 Å². The summed E-state index contributed by atoms with van der Waals surface area (Å²) in [5.41, 5.74) is 1.01. The molecule has 1 saturated carbocycles. The molecule has 1 aromatic heterocycles. The summed E-state index contributed by atoms with van der Waals surface area (Å²) in [5.74, 6) is 2.61. The van der Waals surface area contributed by atoms with E-state index in [2.05, 4.69) is 39.2 Å². The van der Waals surface area contributed by atoms with Crippen molar-refractivity contribution in [2.45, 2.75) is 19.8 Å². The molecule has 0 unspecified atom stereocenters. The van der Waals surface area contributed by atoms with Crippen molar-refractivity contribution >= 4 is 22.7 Å². The Morgan fingerprint density at radius 3 is 2.74 bits per heavy atom. The summed E-state index contributed by atoms with van der Waals surface area (Å²) in [6.07, 6.45) is 2.72. The third-order valence-corrected chi connectivity index (χ3v) is 3.66. The highest BCUT2D eigenvalue weighted by molar-refractivity contribution is 5.90. The number of para-hydroxylation sites is 1. The van der Waals surface area contributed by atoms with Crippen LogP contribution in [0.4, 0.5) is 11.8 Å². The summed E-state index contributed by atoms with van der Waals surface area (Å²) in [6.45, 7) is 4.29. The molecule has 3 rings (SSSR count). The van der Waals surface area contributed by atoms with E-state index >= 15 is 0 Å². The van der Waals surface area contributed by atoms with E-state index in [1.54, 1.807) is 0 Å². The van der Waals surface area contributed by atoms with Gasteiger partial charge in [0.15, 0.2) is 0 Å². The minimum Gasteiger partial charge on any atom is -0.357 e. The van der Waals surface area contributed by atoms with Gasteiger partial charge in [-0.3, -0.25) is 0 Å². The third kappa shape index (κ3) is 2.48. The monoisotopic (exact) mass is 256 g/mol. The van der Waals surface area contributed by atoms with Gasteiger partial charge in [0, 0.05) is 25.5 Å². The SMILES string of the molecule is CCN(CC1CC1)c1nc(NC)nc2ccccc12. The molecule has 1 aromatic carbocycles. The summed E-state index contributed by atoms with van der Waals surface area (Å²) >= 11 is 0. The van der Waals surface area contributed by atoms with E-state index in [9.17, 15) is 0 Å². The minimum absolute atomic E-state index is 0.697. The van der Waals surface area contributed by atoms with E-state index in [4.69, 9.17) is 0 Å². The fraction of sp³-hybridized carbons (Fsp3) is 0.467. The molecule has 2 aromatic rings. The van der Waals surface area contributed by atoms with Gasteiger partial charge < -0.3 is 10.2 Å². The van der Waals surface area contributed by atoms with Gasteiger partial charge in [0.1, 0.15) is 5.82 Å². The first-order valence-corrected chi connectivity index (χ1v) is 7.01. The van der Waals surface area contributed by atoms with E-state index in [0.717, 1.165) is 35.7 Å². The maximum absolute atomic E-state index is 4.68. The van der Waals surface area contributed by atoms with Crippen molar-refractivity contribution in [1.29, 1.82) is 0 Å². The number of fused-ring (bicyclic) bond motifs is 1. The second-order valence-electron chi connectivity index (χ2n) is 5.12. The van der Waals surface area contributed by atoms with Crippen LogP contribution in [0.3, 0.4) is 0 Å². The van der Waals surface area contributed by atoms with Gasteiger partial charge in [0.2, 0.25) is 5.95 Å². The van der Waals surface area contributed by atoms with Crippen molar-refractivity contribution in [2.75, 3.05) is 30.4 Å². The van der Waals surface area contributed by atoms with Crippen molar-refractivity contribution in [2.24, 2.45) is 5.92 Å². The highest BCUT2D eigenvalue weighted by atomic mass is 15.2. The molecule has 100 valence electrons. The normalized spacial score (nSPS) is 14.6. The molecule has 0 amide bonds. The Bertz CT molecular complexity index is 577. The number of nitrogens with one attached hydrogen (secondary N) is 1. The Hall–Kier alpha value is -1.84. The van der Waals surface area contributed by atoms with Gasteiger partial charge >= 0.3 is 0 Å². The maximum Gasteiger partial charge on any atom is 0.224 e. The molecule has 1 heterocycles. The van der Waals surface area contributed by atoms with Crippen LogP contribution in [-0.4, -0.2) is 30.1 Å². The predicted octanol–water partition coefficient (Wildman–Crippen LogP) is 2.91. The van der Waals surface area contributed by atoms with E-state index in [-0.39, 0.29) is 0 Å². The lowest BCUT2D eigenvalue weighted by Crippen LogP contribution is -2.26. The summed E-state index contributed by atoms with van der Waals surface area (Å²) < 4.78 is 0. The molecule has 0 atom stereocenters. The number of nitrogens with zero attached hydrogens (tertiary/aromatic N) is 3. The topological polar surface area (TPSA) is 41.1 Å². The molecule has 19 heavy (non-hydrogen) atoms. The van der Waals surface area contributed by atoms with Gasteiger partial charge in [-0.1, -0.05) is 12.1 Å². The number of hydrogen-bond acceptors (Lipinski definition) is 4. The molecule has 0 aliphatic heterocycles. The molecule has 0 radical (unpaired) electrons. The zero-order valence-electron chi connectivity index (χ0n) is 11.6. The third-order valence-electron chi connectivity index (χ3n) is 3.66. The zero-order chi connectivity index (χ0) is 13.2. The number of aromatic nitrogens is 2. The molecule has 1 aliphatic carbocycles. The first-order valence-electron chi connectivity index (χ1n) is 7.01. The molecule has 0 spiro atoms. The second kappa shape index (κ2) is 5.03. The van der Waals surface area contributed by atoms with Gasteiger partial charge in [0.05, 0.1) is 5.52 Å². The minimum atomic E-state index is 0.697. The summed E-state index contributed by atoms with van der Waals surface area (Å²) in [7, 11) is 1.87. The molecule has 4 nitrogen and oxygen atoms in total.